The monoisotopic (exact) mass is 439 g/mol. The van der Waals surface area contributed by atoms with Crippen molar-refractivity contribution >= 4 is 29.0 Å². The molecule has 0 aliphatic heterocycles. The van der Waals surface area contributed by atoms with Gasteiger partial charge in [-0.15, -0.1) is 16.8 Å². The molecule has 3 aromatic rings. The molecule has 1 N–H and O–H groups in total. The molecule has 1 amide bonds. The Bertz CT molecular complexity index is 1010. The summed E-state index contributed by atoms with van der Waals surface area (Å²) in [6.07, 6.45) is 1.73. The summed E-state index contributed by atoms with van der Waals surface area (Å²) >= 11 is 1.30. The Morgan fingerprint density at radius 2 is 1.81 bits per heavy atom. The predicted molar refractivity (Wildman–Crippen MR) is 125 cm³/mol. The number of halogens is 1. The number of rotatable bonds is 10. The molecule has 0 atom stereocenters. The van der Waals surface area contributed by atoms with Crippen molar-refractivity contribution in [2.75, 3.05) is 29.1 Å². The quantitative estimate of drug-likeness (QED) is 0.362. The van der Waals surface area contributed by atoms with Crippen LogP contribution >= 0.6 is 11.8 Å². The Morgan fingerprint density at radius 1 is 1.13 bits per heavy atom. The third-order valence-corrected chi connectivity index (χ3v) is 5.71. The minimum absolute atomic E-state index is 0.128. The Hall–Kier alpha value is -3.13. The first-order chi connectivity index (χ1) is 15.0. The van der Waals surface area contributed by atoms with Gasteiger partial charge in [-0.25, -0.2) is 4.39 Å². The fraction of sp³-hybridized carbons (Fsp3) is 0.261. The van der Waals surface area contributed by atoms with Gasteiger partial charge in [0.1, 0.15) is 5.82 Å². The van der Waals surface area contributed by atoms with Crippen molar-refractivity contribution in [3.05, 3.63) is 67.0 Å². The van der Waals surface area contributed by atoms with Crippen LogP contribution in [-0.4, -0.2) is 39.5 Å². The molecule has 8 heteroatoms. The molecule has 0 saturated carbocycles. The van der Waals surface area contributed by atoms with Gasteiger partial charge in [0, 0.05) is 36.6 Å². The van der Waals surface area contributed by atoms with Crippen LogP contribution in [0.5, 0.6) is 0 Å². The average molecular weight is 440 g/mol. The molecule has 1 aromatic heterocycles. The number of carbonyl (C=O) groups excluding carboxylic acids is 1. The molecule has 162 valence electrons. The molecular weight excluding hydrogens is 413 g/mol. The van der Waals surface area contributed by atoms with Crippen LogP contribution in [0.15, 0.2) is 66.3 Å². The second kappa shape index (κ2) is 10.8. The van der Waals surface area contributed by atoms with E-state index in [4.69, 9.17) is 0 Å². The molecule has 6 nitrogen and oxygen atoms in total. The number of anilines is 2. The van der Waals surface area contributed by atoms with Crippen LogP contribution < -0.4 is 10.2 Å². The van der Waals surface area contributed by atoms with Crippen LogP contribution in [0.2, 0.25) is 0 Å². The Balaban J connectivity index is 1.64. The van der Waals surface area contributed by atoms with E-state index >= 15 is 0 Å². The number of aromatic nitrogens is 3. The van der Waals surface area contributed by atoms with E-state index in [-0.39, 0.29) is 17.5 Å². The maximum absolute atomic E-state index is 13.2. The van der Waals surface area contributed by atoms with Gasteiger partial charge >= 0.3 is 0 Å². The number of nitrogens with zero attached hydrogens (tertiary/aromatic N) is 4. The number of benzene rings is 2. The smallest absolute Gasteiger partial charge is 0.234 e. The standard InChI is InChI=1S/C23H26FN5OS/c1-4-15-29-22(17-7-9-18(24)10-8-17)26-27-23(29)31-16-21(30)25-19-11-13-20(14-12-19)28(5-2)6-3/h4,7-14H,1,5-6,15-16H2,2-3H3,(H,25,30). The zero-order chi connectivity index (χ0) is 22.2. The van der Waals surface area contributed by atoms with Gasteiger partial charge in [0.05, 0.1) is 5.75 Å². The maximum Gasteiger partial charge on any atom is 0.234 e. The number of allylic oxidation sites excluding steroid dienone is 1. The van der Waals surface area contributed by atoms with Crippen molar-refractivity contribution in [2.24, 2.45) is 0 Å². The minimum Gasteiger partial charge on any atom is -0.372 e. The first kappa shape index (κ1) is 22.6. The third kappa shape index (κ3) is 5.73. The van der Waals surface area contributed by atoms with E-state index < -0.39 is 0 Å². The average Bonchev–Trinajstić information content (AvgIpc) is 3.18. The highest BCUT2D eigenvalue weighted by molar-refractivity contribution is 7.99. The van der Waals surface area contributed by atoms with Crippen molar-refractivity contribution < 1.29 is 9.18 Å². The molecule has 3 rings (SSSR count). The normalized spacial score (nSPS) is 10.7. The number of hydrogen-bond acceptors (Lipinski definition) is 5. The van der Waals surface area contributed by atoms with Crippen molar-refractivity contribution in [1.29, 1.82) is 0 Å². The maximum atomic E-state index is 13.2. The summed E-state index contributed by atoms with van der Waals surface area (Å²) in [5, 5.41) is 12.0. The van der Waals surface area contributed by atoms with Gasteiger partial charge in [0.25, 0.3) is 0 Å². The largest absolute Gasteiger partial charge is 0.372 e. The van der Waals surface area contributed by atoms with Gasteiger partial charge in [0.15, 0.2) is 11.0 Å². The lowest BCUT2D eigenvalue weighted by Gasteiger charge is -2.21. The number of carbonyl (C=O) groups is 1. The van der Waals surface area contributed by atoms with Crippen molar-refractivity contribution in [2.45, 2.75) is 25.5 Å². The lowest BCUT2D eigenvalue weighted by Crippen LogP contribution is -2.21. The molecule has 0 unspecified atom stereocenters. The number of thioether (sulfide) groups is 1. The molecular formula is C23H26FN5OS. The molecule has 1 heterocycles. The van der Waals surface area contributed by atoms with E-state index in [2.05, 4.69) is 40.8 Å². The molecule has 0 aliphatic carbocycles. The third-order valence-electron chi connectivity index (χ3n) is 4.74. The van der Waals surface area contributed by atoms with Gasteiger partial charge in [-0.3, -0.25) is 9.36 Å². The molecule has 0 fully saturated rings. The Kier molecular flexibility index (Phi) is 7.83. The van der Waals surface area contributed by atoms with Crippen LogP contribution in [0.1, 0.15) is 13.8 Å². The molecule has 0 bridgehead atoms. The first-order valence-electron chi connectivity index (χ1n) is 10.1. The predicted octanol–water partition coefficient (Wildman–Crippen LogP) is 4.85. The SMILES string of the molecule is C=CCn1c(SCC(=O)Nc2ccc(N(CC)CC)cc2)nnc1-c1ccc(F)cc1. The van der Waals surface area contributed by atoms with E-state index in [1.165, 1.54) is 23.9 Å². The highest BCUT2D eigenvalue weighted by atomic mass is 32.2. The van der Waals surface area contributed by atoms with Crippen LogP contribution in [0, 0.1) is 5.82 Å². The van der Waals surface area contributed by atoms with Crippen LogP contribution in [0.4, 0.5) is 15.8 Å². The van der Waals surface area contributed by atoms with Crippen LogP contribution in [-0.2, 0) is 11.3 Å². The molecule has 0 radical (unpaired) electrons. The van der Waals surface area contributed by atoms with E-state index in [0.29, 0.717) is 17.5 Å². The highest BCUT2D eigenvalue weighted by Crippen LogP contribution is 2.25. The Labute approximate surface area is 186 Å². The lowest BCUT2D eigenvalue weighted by atomic mass is 10.2. The highest BCUT2D eigenvalue weighted by Gasteiger charge is 2.15. The minimum atomic E-state index is -0.310. The van der Waals surface area contributed by atoms with E-state index in [9.17, 15) is 9.18 Å². The van der Waals surface area contributed by atoms with Gasteiger partial charge < -0.3 is 10.2 Å². The zero-order valence-corrected chi connectivity index (χ0v) is 18.5. The van der Waals surface area contributed by atoms with Gasteiger partial charge in [-0.05, 0) is 62.4 Å². The Morgan fingerprint density at radius 3 is 2.42 bits per heavy atom. The number of nitrogens with one attached hydrogen (secondary N) is 1. The molecule has 2 aromatic carbocycles. The second-order valence-electron chi connectivity index (χ2n) is 6.77. The van der Waals surface area contributed by atoms with Gasteiger partial charge in [-0.1, -0.05) is 17.8 Å². The van der Waals surface area contributed by atoms with Crippen molar-refractivity contribution in [3.63, 3.8) is 0 Å². The van der Waals surface area contributed by atoms with E-state index in [1.807, 2.05) is 28.8 Å². The molecule has 0 spiro atoms. The van der Waals surface area contributed by atoms with Gasteiger partial charge in [-0.2, -0.15) is 0 Å². The van der Waals surface area contributed by atoms with Crippen LogP contribution in [0.3, 0.4) is 0 Å². The van der Waals surface area contributed by atoms with Gasteiger partial charge in [0.2, 0.25) is 5.91 Å². The summed E-state index contributed by atoms with van der Waals surface area (Å²) in [6, 6.07) is 13.9. The molecule has 31 heavy (non-hydrogen) atoms. The summed E-state index contributed by atoms with van der Waals surface area (Å²) in [5.41, 5.74) is 2.63. The fourth-order valence-electron chi connectivity index (χ4n) is 3.17. The lowest BCUT2D eigenvalue weighted by molar-refractivity contribution is -0.113. The first-order valence-corrected chi connectivity index (χ1v) is 11.1. The number of amides is 1. The van der Waals surface area contributed by atoms with Crippen molar-refractivity contribution in [1.82, 2.24) is 14.8 Å². The molecule has 0 aliphatic rings. The second-order valence-corrected chi connectivity index (χ2v) is 7.71. The summed E-state index contributed by atoms with van der Waals surface area (Å²) < 4.78 is 15.1. The zero-order valence-electron chi connectivity index (χ0n) is 17.7. The summed E-state index contributed by atoms with van der Waals surface area (Å²) in [4.78, 5) is 14.7. The molecule has 0 saturated heterocycles. The number of hydrogen-bond donors (Lipinski definition) is 1. The van der Waals surface area contributed by atoms with Crippen LogP contribution in [0.25, 0.3) is 11.4 Å². The van der Waals surface area contributed by atoms with Crippen molar-refractivity contribution in [3.8, 4) is 11.4 Å². The summed E-state index contributed by atoms with van der Waals surface area (Å²) in [5.74, 6) is 0.359. The summed E-state index contributed by atoms with van der Waals surface area (Å²) in [6.45, 7) is 10.4. The topological polar surface area (TPSA) is 63.1 Å². The van der Waals surface area contributed by atoms with E-state index in [1.54, 1.807) is 18.2 Å². The summed E-state index contributed by atoms with van der Waals surface area (Å²) in [7, 11) is 0. The van der Waals surface area contributed by atoms with E-state index in [0.717, 1.165) is 30.0 Å². The fourth-order valence-corrected chi connectivity index (χ4v) is 3.92.